The molecule has 0 radical (unpaired) electrons. The Hall–Kier alpha value is -1.61. The molecule has 3 nitrogen and oxygen atoms in total. The number of hydrogen-bond acceptors (Lipinski definition) is 2. The second-order valence-corrected chi connectivity index (χ2v) is 4.99. The quantitative estimate of drug-likeness (QED) is 0.851. The van der Waals surface area contributed by atoms with Crippen molar-refractivity contribution in [3.8, 4) is 11.3 Å². The minimum Gasteiger partial charge on any atom is -0.345 e. The van der Waals surface area contributed by atoms with Crippen molar-refractivity contribution in [2.45, 2.75) is 41.2 Å². The molecule has 2 rings (SSSR count). The molecule has 18 heavy (non-hydrogen) atoms. The predicted octanol–water partition coefficient (Wildman–Crippen LogP) is 3.08. The van der Waals surface area contributed by atoms with Gasteiger partial charge in [0.1, 0.15) is 5.82 Å². The van der Waals surface area contributed by atoms with Gasteiger partial charge in [0.05, 0.1) is 11.4 Å². The van der Waals surface area contributed by atoms with Gasteiger partial charge in [-0.3, -0.25) is 0 Å². The maximum Gasteiger partial charge on any atom is 0.103 e. The van der Waals surface area contributed by atoms with Crippen LogP contribution in [0.5, 0.6) is 0 Å². The molecular weight excluding hydrogens is 222 g/mol. The number of benzene rings is 1. The molecule has 0 saturated heterocycles. The van der Waals surface area contributed by atoms with Crippen LogP contribution in [0.2, 0.25) is 0 Å². The van der Waals surface area contributed by atoms with E-state index in [0.29, 0.717) is 6.54 Å². The van der Waals surface area contributed by atoms with Gasteiger partial charge >= 0.3 is 0 Å². The lowest BCUT2D eigenvalue weighted by Crippen LogP contribution is -2.02. The minimum absolute atomic E-state index is 0.488. The Kier molecular flexibility index (Phi) is 3.26. The Morgan fingerprint density at radius 1 is 1.06 bits per heavy atom. The summed E-state index contributed by atoms with van der Waals surface area (Å²) in [4.78, 5) is 7.87. The first kappa shape index (κ1) is 12.8. The van der Waals surface area contributed by atoms with Gasteiger partial charge in [0.2, 0.25) is 0 Å². The van der Waals surface area contributed by atoms with Crippen molar-refractivity contribution in [1.29, 1.82) is 0 Å². The van der Waals surface area contributed by atoms with Crippen molar-refractivity contribution in [2.24, 2.45) is 5.73 Å². The maximum absolute atomic E-state index is 5.81. The number of nitrogens with zero attached hydrogens (tertiary/aromatic N) is 1. The van der Waals surface area contributed by atoms with Gasteiger partial charge in [-0.05, 0) is 56.9 Å². The molecule has 0 spiro atoms. The van der Waals surface area contributed by atoms with E-state index in [9.17, 15) is 0 Å². The van der Waals surface area contributed by atoms with E-state index >= 15 is 0 Å². The smallest absolute Gasteiger partial charge is 0.103 e. The summed E-state index contributed by atoms with van der Waals surface area (Å²) in [5.41, 5.74) is 14.3. The molecule has 96 valence electrons. The molecule has 2 aromatic rings. The molecule has 0 bridgehead atoms. The number of nitrogens with one attached hydrogen (secondary N) is 1. The molecular formula is C15H21N3. The first-order valence-electron chi connectivity index (χ1n) is 6.29. The highest BCUT2D eigenvalue weighted by atomic mass is 14.9. The standard InChI is InChI=1S/C15H21N3/c1-8-6-9(2)11(4)14(10(8)3)15-13(7-16)17-12(5)18-15/h6H,7,16H2,1-5H3,(H,17,18). The largest absolute Gasteiger partial charge is 0.345 e. The van der Waals surface area contributed by atoms with Crippen molar-refractivity contribution >= 4 is 0 Å². The van der Waals surface area contributed by atoms with Gasteiger partial charge in [0.25, 0.3) is 0 Å². The van der Waals surface area contributed by atoms with Gasteiger partial charge in [0.15, 0.2) is 0 Å². The number of imidazole rings is 1. The lowest BCUT2D eigenvalue weighted by atomic mass is 9.91. The molecule has 1 aromatic carbocycles. The Morgan fingerprint density at radius 2 is 1.61 bits per heavy atom. The van der Waals surface area contributed by atoms with Gasteiger partial charge < -0.3 is 10.7 Å². The van der Waals surface area contributed by atoms with Crippen LogP contribution in [0.3, 0.4) is 0 Å². The van der Waals surface area contributed by atoms with E-state index in [1.165, 1.54) is 27.8 Å². The second-order valence-electron chi connectivity index (χ2n) is 4.99. The summed E-state index contributed by atoms with van der Waals surface area (Å²) in [7, 11) is 0. The van der Waals surface area contributed by atoms with E-state index in [1.807, 2.05) is 6.92 Å². The normalized spacial score (nSPS) is 11.0. The third-order valence-corrected chi connectivity index (χ3v) is 3.70. The molecule has 0 aliphatic carbocycles. The molecule has 3 N–H and O–H groups in total. The zero-order valence-corrected chi connectivity index (χ0v) is 11.8. The summed E-state index contributed by atoms with van der Waals surface area (Å²) < 4.78 is 0. The summed E-state index contributed by atoms with van der Waals surface area (Å²) in [6.45, 7) is 11.1. The molecule has 1 heterocycles. The summed E-state index contributed by atoms with van der Waals surface area (Å²) in [5, 5.41) is 0. The average molecular weight is 243 g/mol. The molecule has 0 aliphatic rings. The van der Waals surface area contributed by atoms with Gasteiger partial charge in [-0.15, -0.1) is 0 Å². The van der Waals surface area contributed by atoms with E-state index in [0.717, 1.165) is 17.2 Å². The molecule has 1 aromatic heterocycles. The van der Waals surface area contributed by atoms with Crippen molar-refractivity contribution < 1.29 is 0 Å². The second kappa shape index (κ2) is 4.58. The summed E-state index contributed by atoms with van der Waals surface area (Å²) in [6.07, 6.45) is 0. The monoisotopic (exact) mass is 243 g/mol. The molecule has 0 fully saturated rings. The molecule has 3 heteroatoms. The summed E-state index contributed by atoms with van der Waals surface area (Å²) in [6, 6.07) is 2.23. The number of nitrogens with two attached hydrogens (primary N) is 1. The minimum atomic E-state index is 0.488. The van der Waals surface area contributed by atoms with Crippen molar-refractivity contribution in [3.63, 3.8) is 0 Å². The van der Waals surface area contributed by atoms with Crippen LogP contribution < -0.4 is 5.73 Å². The van der Waals surface area contributed by atoms with Crippen LogP contribution in [0.4, 0.5) is 0 Å². The van der Waals surface area contributed by atoms with Gasteiger partial charge in [-0.2, -0.15) is 0 Å². The fourth-order valence-corrected chi connectivity index (χ4v) is 2.47. The van der Waals surface area contributed by atoms with Crippen molar-refractivity contribution in [2.75, 3.05) is 0 Å². The maximum atomic E-state index is 5.81. The zero-order chi connectivity index (χ0) is 13.4. The highest BCUT2D eigenvalue weighted by Crippen LogP contribution is 2.32. The van der Waals surface area contributed by atoms with E-state index in [-0.39, 0.29) is 0 Å². The average Bonchev–Trinajstić information content (AvgIpc) is 2.68. The van der Waals surface area contributed by atoms with E-state index in [2.05, 4.69) is 43.7 Å². The fraction of sp³-hybridized carbons (Fsp3) is 0.400. The van der Waals surface area contributed by atoms with Crippen molar-refractivity contribution in [3.05, 3.63) is 39.8 Å². The van der Waals surface area contributed by atoms with Crippen LogP contribution >= 0.6 is 0 Å². The molecule has 0 unspecified atom stereocenters. The predicted molar refractivity (Wildman–Crippen MR) is 75.6 cm³/mol. The highest BCUT2D eigenvalue weighted by Gasteiger charge is 2.16. The number of aromatic nitrogens is 2. The first-order chi connectivity index (χ1) is 8.45. The van der Waals surface area contributed by atoms with Crippen LogP contribution in [-0.2, 0) is 6.54 Å². The highest BCUT2D eigenvalue weighted by molar-refractivity contribution is 5.72. The zero-order valence-electron chi connectivity index (χ0n) is 11.8. The van der Waals surface area contributed by atoms with E-state index < -0.39 is 0 Å². The van der Waals surface area contributed by atoms with Crippen LogP contribution in [0.25, 0.3) is 11.3 Å². The fourth-order valence-electron chi connectivity index (χ4n) is 2.47. The van der Waals surface area contributed by atoms with E-state index in [1.54, 1.807) is 0 Å². The number of H-pyrrole nitrogens is 1. The lowest BCUT2D eigenvalue weighted by Gasteiger charge is -2.14. The van der Waals surface area contributed by atoms with Gasteiger partial charge in [0, 0.05) is 12.1 Å². The molecule has 0 atom stereocenters. The van der Waals surface area contributed by atoms with Crippen LogP contribution in [-0.4, -0.2) is 9.97 Å². The third kappa shape index (κ3) is 1.95. The molecule has 0 aliphatic heterocycles. The molecule has 0 amide bonds. The van der Waals surface area contributed by atoms with Gasteiger partial charge in [-0.25, -0.2) is 4.98 Å². The Balaban J connectivity index is 2.77. The number of rotatable bonds is 2. The summed E-state index contributed by atoms with van der Waals surface area (Å²) >= 11 is 0. The number of aryl methyl sites for hydroxylation is 3. The molecule has 0 saturated carbocycles. The topological polar surface area (TPSA) is 54.7 Å². The summed E-state index contributed by atoms with van der Waals surface area (Å²) in [5.74, 6) is 0.920. The Morgan fingerprint density at radius 3 is 2.11 bits per heavy atom. The number of aromatic amines is 1. The first-order valence-corrected chi connectivity index (χ1v) is 6.29. The lowest BCUT2D eigenvalue weighted by molar-refractivity contribution is 0.997. The number of hydrogen-bond donors (Lipinski definition) is 2. The van der Waals surface area contributed by atoms with Crippen LogP contribution in [0.15, 0.2) is 6.07 Å². The third-order valence-electron chi connectivity index (χ3n) is 3.70. The van der Waals surface area contributed by atoms with Crippen LogP contribution in [0, 0.1) is 34.6 Å². The van der Waals surface area contributed by atoms with Crippen LogP contribution in [0.1, 0.15) is 33.8 Å². The van der Waals surface area contributed by atoms with E-state index in [4.69, 9.17) is 5.73 Å². The Bertz CT molecular complexity index is 568. The van der Waals surface area contributed by atoms with Crippen molar-refractivity contribution in [1.82, 2.24) is 9.97 Å². The van der Waals surface area contributed by atoms with Gasteiger partial charge in [-0.1, -0.05) is 6.07 Å². The Labute approximate surface area is 108 Å². The SMILES string of the molecule is Cc1nc(-c2c(C)c(C)cc(C)c2C)c(CN)[nH]1.